The van der Waals surface area contributed by atoms with E-state index in [0.29, 0.717) is 32.3 Å². The number of fused-ring (bicyclic) bond motifs is 2. The molecule has 0 saturated carbocycles. The first-order chi connectivity index (χ1) is 11.6. The van der Waals surface area contributed by atoms with Crippen LogP contribution in [0.1, 0.15) is 0 Å². The Morgan fingerprint density at radius 2 is 1.54 bits per heavy atom. The Balaban J connectivity index is 1.95. The summed E-state index contributed by atoms with van der Waals surface area (Å²) in [4.78, 5) is 12.9. The van der Waals surface area contributed by atoms with Crippen LogP contribution in [-0.4, -0.2) is 0 Å². The molecule has 0 aliphatic carbocycles. The first-order valence-electron chi connectivity index (χ1n) is 7.20. The number of hydrogen-bond donors (Lipinski definition) is 0. The van der Waals surface area contributed by atoms with Crippen LogP contribution in [0.5, 0.6) is 11.5 Å². The smallest absolute Gasteiger partial charge is 0.199 e. The van der Waals surface area contributed by atoms with Crippen molar-refractivity contribution in [3.05, 3.63) is 80.9 Å². The summed E-state index contributed by atoms with van der Waals surface area (Å²) in [7, 11) is 0. The van der Waals surface area contributed by atoms with Crippen molar-refractivity contribution in [2.45, 2.75) is 0 Å². The van der Waals surface area contributed by atoms with Gasteiger partial charge in [-0.2, -0.15) is 0 Å². The SMILES string of the molecule is O=c1c2ccccc2sc2cccc(Oc3cc(Cl)cc(Cl)c3)c12. The van der Waals surface area contributed by atoms with E-state index in [0.717, 1.165) is 9.40 Å². The number of hydrogen-bond acceptors (Lipinski definition) is 3. The molecule has 0 saturated heterocycles. The molecule has 0 spiro atoms. The lowest BCUT2D eigenvalue weighted by atomic mass is 10.1. The van der Waals surface area contributed by atoms with Crippen LogP contribution in [0.3, 0.4) is 0 Å². The highest BCUT2D eigenvalue weighted by atomic mass is 35.5. The minimum atomic E-state index is -0.0388. The Bertz CT molecular complexity index is 1110. The molecule has 3 aromatic carbocycles. The summed E-state index contributed by atoms with van der Waals surface area (Å²) in [6, 6.07) is 18.1. The van der Waals surface area contributed by atoms with E-state index in [1.54, 1.807) is 35.6 Å². The summed E-state index contributed by atoms with van der Waals surface area (Å²) in [6.07, 6.45) is 0. The van der Waals surface area contributed by atoms with Crippen molar-refractivity contribution in [2.24, 2.45) is 0 Å². The standard InChI is InChI=1S/C19H10Cl2O2S/c20-11-8-12(21)10-13(9-11)23-15-5-3-7-17-18(15)19(22)14-4-1-2-6-16(14)24-17/h1-10H. The first kappa shape index (κ1) is 15.5. The molecule has 0 atom stereocenters. The molecule has 2 nitrogen and oxygen atoms in total. The van der Waals surface area contributed by atoms with Gasteiger partial charge >= 0.3 is 0 Å². The van der Waals surface area contributed by atoms with Crippen molar-refractivity contribution < 1.29 is 4.74 Å². The van der Waals surface area contributed by atoms with Crippen LogP contribution >= 0.6 is 34.5 Å². The summed E-state index contributed by atoms with van der Waals surface area (Å²) < 4.78 is 7.76. The molecule has 0 aliphatic rings. The van der Waals surface area contributed by atoms with Gasteiger partial charge in [0, 0.05) is 24.8 Å². The van der Waals surface area contributed by atoms with E-state index in [-0.39, 0.29) is 5.43 Å². The molecule has 1 aromatic heterocycles. The predicted octanol–water partition coefficient (Wildman–Crippen LogP) is 6.51. The highest BCUT2D eigenvalue weighted by Gasteiger charge is 2.12. The molecular formula is C19H10Cl2O2S. The quantitative estimate of drug-likeness (QED) is 0.374. The maximum atomic E-state index is 12.9. The molecular weight excluding hydrogens is 363 g/mol. The van der Waals surface area contributed by atoms with Gasteiger partial charge in [-0.1, -0.05) is 41.4 Å². The van der Waals surface area contributed by atoms with Gasteiger partial charge in [-0.15, -0.1) is 11.3 Å². The molecule has 0 unspecified atom stereocenters. The first-order valence-corrected chi connectivity index (χ1v) is 8.77. The van der Waals surface area contributed by atoms with Crippen LogP contribution in [-0.2, 0) is 0 Å². The largest absolute Gasteiger partial charge is 0.456 e. The Morgan fingerprint density at radius 1 is 0.833 bits per heavy atom. The van der Waals surface area contributed by atoms with Gasteiger partial charge in [-0.25, -0.2) is 0 Å². The highest BCUT2D eigenvalue weighted by molar-refractivity contribution is 7.24. The van der Waals surface area contributed by atoms with Crippen molar-refractivity contribution in [1.82, 2.24) is 0 Å². The number of rotatable bonds is 2. The molecule has 0 fully saturated rings. The van der Waals surface area contributed by atoms with Gasteiger partial charge < -0.3 is 4.74 Å². The van der Waals surface area contributed by atoms with Crippen molar-refractivity contribution in [3.63, 3.8) is 0 Å². The van der Waals surface area contributed by atoms with E-state index in [1.807, 2.05) is 36.4 Å². The van der Waals surface area contributed by atoms with Crippen molar-refractivity contribution in [3.8, 4) is 11.5 Å². The van der Waals surface area contributed by atoms with E-state index in [2.05, 4.69) is 0 Å². The molecule has 1 heterocycles. The zero-order valence-corrected chi connectivity index (χ0v) is 14.6. The zero-order valence-electron chi connectivity index (χ0n) is 12.3. The Labute approximate surface area is 151 Å². The average Bonchev–Trinajstić information content (AvgIpc) is 2.54. The van der Waals surface area contributed by atoms with E-state index < -0.39 is 0 Å². The van der Waals surface area contributed by atoms with Crippen LogP contribution in [0.4, 0.5) is 0 Å². The molecule has 24 heavy (non-hydrogen) atoms. The monoisotopic (exact) mass is 372 g/mol. The summed E-state index contributed by atoms with van der Waals surface area (Å²) in [6.45, 7) is 0. The van der Waals surface area contributed by atoms with Crippen molar-refractivity contribution in [1.29, 1.82) is 0 Å². The minimum Gasteiger partial charge on any atom is -0.456 e. The molecule has 0 aliphatic heterocycles. The molecule has 118 valence electrons. The van der Waals surface area contributed by atoms with Crippen LogP contribution < -0.4 is 10.2 Å². The minimum absolute atomic E-state index is 0.0388. The van der Waals surface area contributed by atoms with E-state index in [9.17, 15) is 4.79 Å². The summed E-state index contributed by atoms with van der Waals surface area (Å²) in [5.41, 5.74) is -0.0388. The van der Waals surface area contributed by atoms with Crippen LogP contribution in [0.2, 0.25) is 10.0 Å². The molecule has 5 heteroatoms. The lowest BCUT2D eigenvalue weighted by Crippen LogP contribution is -2.02. The number of halogens is 2. The lowest BCUT2D eigenvalue weighted by molar-refractivity contribution is 0.488. The fourth-order valence-corrected chi connectivity index (χ4v) is 4.22. The number of ether oxygens (including phenoxy) is 1. The van der Waals surface area contributed by atoms with E-state index >= 15 is 0 Å². The maximum absolute atomic E-state index is 12.9. The molecule has 0 radical (unpaired) electrons. The number of benzene rings is 3. The normalized spacial score (nSPS) is 11.1. The summed E-state index contributed by atoms with van der Waals surface area (Å²) in [5, 5.41) is 2.22. The van der Waals surface area contributed by atoms with Gasteiger partial charge in [0.2, 0.25) is 0 Å². The van der Waals surface area contributed by atoms with Crippen molar-refractivity contribution >= 4 is 54.7 Å². The fraction of sp³-hybridized carbons (Fsp3) is 0. The van der Waals surface area contributed by atoms with Gasteiger partial charge in [0.25, 0.3) is 0 Å². The predicted molar refractivity (Wildman–Crippen MR) is 102 cm³/mol. The Kier molecular flexibility index (Phi) is 3.93. The zero-order chi connectivity index (χ0) is 16.7. The van der Waals surface area contributed by atoms with Crippen LogP contribution in [0.15, 0.2) is 65.5 Å². The van der Waals surface area contributed by atoms with Gasteiger partial charge in [-0.05, 0) is 42.5 Å². The molecule has 4 rings (SSSR count). The maximum Gasteiger partial charge on any atom is 0.199 e. The Morgan fingerprint density at radius 3 is 2.33 bits per heavy atom. The lowest BCUT2D eigenvalue weighted by Gasteiger charge is -2.10. The van der Waals surface area contributed by atoms with Gasteiger partial charge in [0.05, 0.1) is 5.39 Å². The third-order valence-corrected chi connectivity index (χ3v) is 5.20. The summed E-state index contributed by atoms with van der Waals surface area (Å²) in [5.74, 6) is 0.996. The fourth-order valence-electron chi connectivity index (χ4n) is 2.62. The topological polar surface area (TPSA) is 26.3 Å². The average molecular weight is 373 g/mol. The van der Waals surface area contributed by atoms with Crippen LogP contribution in [0, 0.1) is 0 Å². The molecule has 0 bridgehead atoms. The van der Waals surface area contributed by atoms with Gasteiger partial charge in [0.1, 0.15) is 11.5 Å². The third kappa shape index (κ3) is 2.75. The van der Waals surface area contributed by atoms with Crippen molar-refractivity contribution in [2.75, 3.05) is 0 Å². The highest BCUT2D eigenvalue weighted by Crippen LogP contribution is 2.34. The molecule has 0 N–H and O–H groups in total. The second kappa shape index (κ2) is 6.10. The second-order valence-electron chi connectivity index (χ2n) is 5.26. The second-order valence-corrected chi connectivity index (χ2v) is 7.22. The van der Waals surface area contributed by atoms with Gasteiger partial charge in [0.15, 0.2) is 5.43 Å². The molecule has 4 aromatic rings. The Hall–Kier alpha value is -2.07. The molecule has 0 amide bonds. The van der Waals surface area contributed by atoms with E-state index in [1.165, 1.54) is 0 Å². The van der Waals surface area contributed by atoms with E-state index in [4.69, 9.17) is 27.9 Å². The van der Waals surface area contributed by atoms with Crippen LogP contribution in [0.25, 0.3) is 20.2 Å². The third-order valence-electron chi connectivity index (χ3n) is 3.63. The van der Waals surface area contributed by atoms with Gasteiger partial charge in [-0.3, -0.25) is 4.79 Å². The summed E-state index contributed by atoms with van der Waals surface area (Å²) >= 11 is 13.6.